The Hall–Kier alpha value is -2.54. The summed E-state index contributed by atoms with van der Waals surface area (Å²) in [4.78, 5) is 11.5. The first-order chi connectivity index (χ1) is 12.2. The summed E-state index contributed by atoms with van der Waals surface area (Å²) in [6, 6.07) is 13.6. The van der Waals surface area contributed by atoms with Crippen LogP contribution in [0.2, 0.25) is 0 Å². The van der Waals surface area contributed by atoms with Gasteiger partial charge in [0, 0.05) is 13.1 Å². The number of hydrogen-bond donors (Lipinski definition) is 2. The van der Waals surface area contributed by atoms with Crippen molar-refractivity contribution >= 4 is 16.9 Å². The Morgan fingerprint density at radius 3 is 2.44 bits per heavy atom. The monoisotopic (exact) mass is 336 g/mol. The van der Waals surface area contributed by atoms with Gasteiger partial charge in [-0.15, -0.1) is 0 Å². The zero-order valence-corrected chi connectivity index (χ0v) is 13.8. The highest BCUT2D eigenvalue weighted by Gasteiger charge is 2.13. The number of nitrogens with two attached hydrogens (primary N) is 1. The Labute approximate surface area is 145 Å². The molecule has 0 aliphatic carbocycles. The van der Waals surface area contributed by atoms with E-state index in [2.05, 4.69) is 9.88 Å². The number of morpholine rings is 1. The smallest absolute Gasteiger partial charge is 0.148 e. The van der Waals surface area contributed by atoms with Crippen LogP contribution in [0.4, 0.5) is 5.82 Å². The van der Waals surface area contributed by atoms with Crippen molar-refractivity contribution in [1.82, 2.24) is 9.97 Å². The molecule has 1 atom stereocenters. The van der Waals surface area contributed by atoms with Crippen LogP contribution in [0.25, 0.3) is 22.2 Å². The number of benzene rings is 2. The molecule has 3 aromatic rings. The molecule has 6 nitrogen and oxygen atoms in total. The van der Waals surface area contributed by atoms with Gasteiger partial charge in [-0.3, -0.25) is 4.98 Å². The molecule has 4 rings (SSSR count). The predicted octanol–water partition coefficient (Wildman–Crippen LogP) is 2.08. The number of rotatable bonds is 3. The minimum absolute atomic E-state index is 0.693. The first kappa shape index (κ1) is 16.0. The zero-order chi connectivity index (χ0) is 17.2. The quantitative estimate of drug-likeness (QED) is 0.713. The number of fused-ring (bicyclic) bond motifs is 1. The van der Waals surface area contributed by atoms with Gasteiger partial charge in [0.1, 0.15) is 12.0 Å². The topological polar surface area (TPSA) is 84.5 Å². The standard InChI is InChI=1S/C19H20N4O2/c20-19(24)14-3-1-13(2-4-14)15-5-6-16-17(11-15)22-18(12-21-16)23-7-9-25-10-8-23/h1-6,11-12,19,24H,7-10,20H2. The minimum atomic E-state index is -0.951. The Kier molecular flexibility index (Phi) is 4.31. The van der Waals surface area contributed by atoms with Crippen LogP contribution in [0.1, 0.15) is 11.8 Å². The molecule has 1 saturated heterocycles. The molecule has 3 N–H and O–H groups in total. The highest BCUT2D eigenvalue weighted by Crippen LogP contribution is 2.25. The normalized spacial score (nSPS) is 16.2. The lowest BCUT2D eigenvalue weighted by Gasteiger charge is -2.27. The number of aliphatic hydroxyl groups is 1. The van der Waals surface area contributed by atoms with Gasteiger partial charge in [0.2, 0.25) is 0 Å². The van der Waals surface area contributed by atoms with Crippen LogP contribution >= 0.6 is 0 Å². The average molecular weight is 336 g/mol. The largest absolute Gasteiger partial charge is 0.378 e. The lowest BCUT2D eigenvalue weighted by Crippen LogP contribution is -2.36. The summed E-state index contributed by atoms with van der Waals surface area (Å²) < 4.78 is 5.40. The molecule has 6 heteroatoms. The van der Waals surface area contributed by atoms with E-state index in [1.54, 1.807) is 0 Å². The van der Waals surface area contributed by atoms with Crippen molar-refractivity contribution in [2.75, 3.05) is 31.2 Å². The van der Waals surface area contributed by atoms with Crippen LogP contribution in [0, 0.1) is 0 Å². The highest BCUT2D eigenvalue weighted by atomic mass is 16.5. The van der Waals surface area contributed by atoms with Gasteiger partial charge in [-0.25, -0.2) is 4.98 Å². The maximum atomic E-state index is 9.43. The summed E-state index contributed by atoms with van der Waals surface area (Å²) in [6.07, 6.45) is 0.873. The third-order valence-corrected chi connectivity index (χ3v) is 4.45. The molecule has 1 aliphatic heterocycles. The minimum Gasteiger partial charge on any atom is -0.378 e. The third-order valence-electron chi connectivity index (χ3n) is 4.45. The second-order valence-electron chi connectivity index (χ2n) is 6.10. The van der Waals surface area contributed by atoms with E-state index in [1.165, 1.54) is 0 Å². The molecule has 1 aromatic heterocycles. The molecule has 0 spiro atoms. The maximum absolute atomic E-state index is 9.43. The molecule has 0 amide bonds. The van der Waals surface area contributed by atoms with Gasteiger partial charge in [-0.1, -0.05) is 30.3 Å². The lowest BCUT2D eigenvalue weighted by atomic mass is 10.0. The maximum Gasteiger partial charge on any atom is 0.148 e. The van der Waals surface area contributed by atoms with E-state index in [-0.39, 0.29) is 0 Å². The Morgan fingerprint density at radius 2 is 1.72 bits per heavy atom. The molecule has 128 valence electrons. The fourth-order valence-electron chi connectivity index (χ4n) is 3.00. The molecular weight excluding hydrogens is 316 g/mol. The van der Waals surface area contributed by atoms with Gasteiger partial charge in [0.25, 0.3) is 0 Å². The number of aliphatic hydroxyl groups excluding tert-OH is 1. The lowest BCUT2D eigenvalue weighted by molar-refractivity contribution is 0.122. The highest BCUT2D eigenvalue weighted by molar-refractivity contribution is 5.82. The van der Waals surface area contributed by atoms with Crippen molar-refractivity contribution in [3.63, 3.8) is 0 Å². The van der Waals surface area contributed by atoms with E-state index in [1.807, 2.05) is 48.7 Å². The Balaban J connectivity index is 1.68. The van der Waals surface area contributed by atoms with E-state index in [0.717, 1.165) is 54.3 Å². The predicted molar refractivity (Wildman–Crippen MR) is 97.2 cm³/mol. The molecule has 0 radical (unpaired) electrons. The van der Waals surface area contributed by atoms with Crippen LogP contribution in [0.15, 0.2) is 48.7 Å². The summed E-state index contributed by atoms with van der Waals surface area (Å²) in [5.41, 5.74) is 10.0. The molecule has 2 aromatic carbocycles. The summed E-state index contributed by atoms with van der Waals surface area (Å²) >= 11 is 0. The van der Waals surface area contributed by atoms with Gasteiger partial charge >= 0.3 is 0 Å². The van der Waals surface area contributed by atoms with Gasteiger partial charge in [-0.05, 0) is 28.8 Å². The van der Waals surface area contributed by atoms with Crippen LogP contribution in [-0.4, -0.2) is 41.4 Å². The third kappa shape index (κ3) is 3.32. The molecule has 2 heterocycles. The van der Waals surface area contributed by atoms with Crippen molar-refractivity contribution in [3.05, 3.63) is 54.2 Å². The summed E-state index contributed by atoms with van der Waals surface area (Å²) in [7, 11) is 0. The van der Waals surface area contributed by atoms with Crippen LogP contribution in [0.5, 0.6) is 0 Å². The van der Waals surface area contributed by atoms with E-state index >= 15 is 0 Å². The van der Waals surface area contributed by atoms with Gasteiger partial charge in [-0.2, -0.15) is 0 Å². The number of aromatic nitrogens is 2. The zero-order valence-electron chi connectivity index (χ0n) is 13.8. The van der Waals surface area contributed by atoms with Crippen LogP contribution in [-0.2, 0) is 4.74 Å². The van der Waals surface area contributed by atoms with Gasteiger partial charge < -0.3 is 20.5 Å². The number of hydrogen-bond acceptors (Lipinski definition) is 6. The average Bonchev–Trinajstić information content (AvgIpc) is 2.68. The molecule has 0 bridgehead atoms. The molecule has 1 fully saturated rings. The van der Waals surface area contributed by atoms with Crippen molar-refractivity contribution in [2.45, 2.75) is 6.23 Å². The molecule has 0 saturated carbocycles. The van der Waals surface area contributed by atoms with Crippen LogP contribution < -0.4 is 10.6 Å². The van der Waals surface area contributed by atoms with E-state index in [9.17, 15) is 5.11 Å². The van der Waals surface area contributed by atoms with Crippen molar-refractivity contribution in [3.8, 4) is 11.1 Å². The first-order valence-electron chi connectivity index (χ1n) is 8.34. The fraction of sp³-hybridized carbons (Fsp3) is 0.263. The van der Waals surface area contributed by atoms with Crippen molar-refractivity contribution in [1.29, 1.82) is 0 Å². The number of nitrogens with zero attached hydrogens (tertiary/aromatic N) is 3. The summed E-state index contributed by atoms with van der Waals surface area (Å²) in [6.45, 7) is 3.11. The first-order valence-corrected chi connectivity index (χ1v) is 8.34. The van der Waals surface area contributed by atoms with E-state index < -0.39 is 6.23 Å². The SMILES string of the molecule is NC(O)c1ccc(-c2ccc3ncc(N4CCOCC4)nc3c2)cc1. The number of ether oxygens (including phenoxy) is 1. The van der Waals surface area contributed by atoms with Crippen molar-refractivity contribution < 1.29 is 9.84 Å². The fourth-order valence-corrected chi connectivity index (χ4v) is 3.00. The van der Waals surface area contributed by atoms with E-state index in [0.29, 0.717) is 5.56 Å². The van der Waals surface area contributed by atoms with Crippen LogP contribution in [0.3, 0.4) is 0 Å². The molecule has 25 heavy (non-hydrogen) atoms. The summed E-state index contributed by atoms with van der Waals surface area (Å²) in [5, 5.41) is 9.43. The second-order valence-corrected chi connectivity index (χ2v) is 6.10. The van der Waals surface area contributed by atoms with Gasteiger partial charge in [0.15, 0.2) is 0 Å². The summed E-state index contributed by atoms with van der Waals surface area (Å²) in [5.74, 6) is 0.884. The van der Waals surface area contributed by atoms with Crippen molar-refractivity contribution in [2.24, 2.45) is 5.73 Å². The molecule has 1 unspecified atom stereocenters. The second kappa shape index (κ2) is 6.76. The Bertz CT molecular complexity index is 874. The molecular formula is C19H20N4O2. The Morgan fingerprint density at radius 1 is 1.00 bits per heavy atom. The number of anilines is 1. The van der Waals surface area contributed by atoms with Gasteiger partial charge in [0.05, 0.1) is 30.4 Å². The molecule has 1 aliphatic rings. The van der Waals surface area contributed by atoms with E-state index in [4.69, 9.17) is 15.5 Å².